The Balaban J connectivity index is 2.05. The van der Waals surface area contributed by atoms with Gasteiger partial charge in [0.15, 0.2) is 0 Å². The molecule has 94 valence electrons. The zero-order chi connectivity index (χ0) is 13.1. The van der Waals surface area contributed by atoms with Crippen LogP contribution in [0.1, 0.15) is 5.56 Å². The number of halogens is 1. The van der Waals surface area contributed by atoms with Crippen LogP contribution in [0.5, 0.6) is 0 Å². The third-order valence-corrected chi connectivity index (χ3v) is 2.59. The normalized spacial score (nSPS) is 10.3. The highest BCUT2D eigenvalue weighted by molar-refractivity contribution is 6.33. The van der Waals surface area contributed by atoms with E-state index >= 15 is 0 Å². The van der Waals surface area contributed by atoms with Crippen LogP contribution in [0.2, 0.25) is 5.02 Å². The van der Waals surface area contributed by atoms with Crippen molar-refractivity contribution < 1.29 is 4.79 Å². The molecule has 0 aliphatic heterocycles. The maximum Gasteiger partial charge on any atom is 0.246 e. The average Bonchev–Trinajstić information content (AvgIpc) is 2.69. The molecule has 3 N–H and O–H groups in total. The molecule has 0 saturated carbocycles. The van der Waals surface area contributed by atoms with Gasteiger partial charge in [0.2, 0.25) is 11.9 Å². The minimum absolute atomic E-state index is 0.0362. The number of nitrogens with two attached hydrogens (primary N) is 1. The smallest absolute Gasteiger partial charge is 0.246 e. The molecule has 0 aliphatic rings. The fourth-order valence-corrected chi connectivity index (χ4v) is 1.62. The van der Waals surface area contributed by atoms with Gasteiger partial charge in [-0.3, -0.25) is 4.79 Å². The molecule has 1 heterocycles. The van der Waals surface area contributed by atoms with Crippen molar-refractivity contribution in [3.05, 3.63) is 35.1 Å². The van der Waals surface area contributed by atoms with E-state index in [-0.39, 0.29) is 18.4 Å². The number of carbonyl (C=O) groups is 1. The van der Waals surface area contributed by atoms with Crippen molar-refractivity contribution in [2.45, 2.75) is 13.5 Å². The number of hydrogen-bond acceptors (Lipinski definition) is 4. The molecular weight excluding hydrogens is 254 g/mol. The molecule has 0 aliphatic carbocycles. The standard InChI is InChI=1S/C11H12ClN5O/c1-7-2-3-8(12)9(4-7)15-10(18)5-17-6-14-11(13)16-17/h2-4,6H,5H2,1H3,(H2,13,16)(H,15,18). The maximum absolute atomic E-state index is 11.8. The van der Waals surface area contributed by atoms with E-state index in [1.165, 1.54) is 11.0 Å². The summed E-state index contributed by atoms with van der Waals surface area (Å²) >= 11 is 5.98. The van der Waals surface area contributed by atoms with E-state index in [9.17, 15) is 4.79 Å². The van der Waals surface area contributed by atoms with E-state index in [0.717, 1.165) is 5.56 Å². The Bertz CT molecular complexity index is 581. The lowest BCUT2D eigenvalue weighted by molar-refractivity contribution is -0.116. The Hall–Kier alpha value is -2.08. The monoisotopic (exact) mass is 265 g/mol. The number of amides is 1. The number of hydrogen-bond donors (Lipinski definition) is 2. The first-order valence-corrected chi connectivity index (χ1v) is 5.63. The molecule has 0 saturated heterocycles. The molecule has 0 unspecified atom stereocenters. The molecule has 2 aromatic rings. The lowest BCUT2D eigenvalue weighted by Crippen LogP contribution is -2.19. The SMILES string of the molecule is Cc1ccc(Cl)c(NC(=O)Cn2cnc(N)n2)c1. The highest BCUT2D eigenvalue weighted by Gasteiger charge is 2.08. The molecule has 0 bridgehead atoms. The molecular formula is C11H12ClN5O. The van der Waals surface area contributed by atoms with Gasteiger partial charge in [-0.2, -0.15) is 0 Å². The number of nitrogens with zero attached hydrogens (tertiary/aromatic N) is 3. The molecule has 7 heteroatoms. The van der Waals surface area contributed by atoms with Gasteiger partial charge in [-0.1, -0.05) is 17.7 Å². The van der Waals surface area contributed by atoms with Crippen LogP contribution >= 0.6 is 11.6 Å². The number of benzene rings is 1. The minimum atomic E-state index is -0.243. The van der Waals surface area contributed by atoms with Crippen molar-refractivity contribution >= 4 is 29.1 Å². The van der Waals surface area contributed by atoms with E-state index in [1.54, 1.807) is 12.1 Å². The third-order valence-electron chi connectivity index (χ3n) is 2.26. The predicted molar refractivity (Wildman–Crippen MR) is 69.3 cm³/mol. The van der Waals surface area contributed by atoms with Gasteiger partial charge in [0.05, 0.1) is 10.7 Å². The van der Waals surface area contributed by atoms with Crippen LogP contribution in [0, 0.1) is 6.92 Å². The van der Waals surface area contributed by atoms with Crippen LogP contribution in [0.3, 0.4) is 0 Å². The van der Waals surface area contributed by atoms with Crippen molar-refractivity contribution in [1.82, 2.24) is 14.8 Å². The zero-order valence-corrected chi connectivity index (χ0v) is 10.5. The number of carbonyl (C=O) groups excluding carboxylic acids is 1. The van der Waals surface area contributed by atoms with E-state index in [4.69, 9.17) is 17.3 Å². The van der Waals surface area contributed by atoms with Crippen LogP contribution in [0.25, 0.3) is 0 Å². The zero-order valence-electron chi connectivity index (χ0n) is 9.72. The van der Waals surface area contributed by atoms with Gasteiger partial charge in [-0.25, -0.2) is 9.67 Å². The van der Waals surface area contributed by atoms with Gasteiger partial charge in [-0.05, 0) is 24.6 Å². The van der Waals surface area contributed by atoms with Crippen molar-refractivity contribution in [2.24, 2.45) is 0 Å². The second-order valence-corrected chi connectivity index (χ2v) is 4.24. The van der Waals surface area contributed by atoms with E-state index < -0.39 is 0 Å². The lowest BCUT2D eigenvalue weighted by atomic mass is 10.2. The van der Waals surface area contributed by atoms with Gasteiger partial charge in [0.1, 0.15) is 12.9 Å². The van der Waals surface area contributed by atoms with E-state index in [1.807, 2.05) is 13.0 Å². The highest BCUT2D eigenvalue weighted by Crippen LogP contribution is 2.22. The first-order chi connectivity index (χ1) is 8.54. The van der Waals surface area contributed by atoms with E-state index in [0.29, 0.717) is 10.7 Å². The average molecular weight is 266 g/mol. The number of nitrogen functional groups attached to an aromatic ring is 1. The number of aromatic nitrogens is 3. The van der Waals surface area contributed by atoms with Crippen molar-refractivity contribution in [3.63, 3.8) is 0 Å². The summed E-state index contributed by atoms with van der Waals surface area (Å²) in [5.74, 6) is -0.108. The molecule has 0 radical (unpaired) electrons. The minimum Gasteiger partial charge on any atom is -0.367 e. The van der Waals surface area contributed by atoms with Gasteiger partial charge >= 0.3 is 0 Å². The fraction of sp³-hybridized carbons (Fsp3) is 0.182. The molecule has 0 atom stereocenters. The summed E-state index contributed by atoms with van der Waals surface area (Å²) in [5, 5.41) is 7.02. The molecule has 2 rings (SSSR count). The second kappa shape index (κ2) is 5.05. The summed E-state index contributed by atoms with van der Waals surface area (Å²) in [4.78, 5) is 15.5. The van der Waals surface area contributed by atoms with Crippen molar-refractivity contribution in [2.75, 3.05) is 11.1 Å². The first-order valence-electron chi connectivity index (χ1n) is 5.25. The van der Waals surface area contributed by atoms with E-state index in [2.05, 4.69) is 15.4 Å². The molecule has 18 heavy (non-hydrogen) atoms. The number of rotatable bonds is 3. The van der Waals surface area contributed by atoms with Gasteiger partial charge in [0, 0.05) is 0 Å². The first kappa shape index (κ1) is 12.4. The Morgan fingerprint density at radius 1 is 1.56 bits per heavy atom. The fourth-order valence-electron chi connectivity index (χ4n) is 1.46. The maximum atomic E-state index is 11.8. The molecule has 1 aromatic carbocycles. The topological polar surface area (TPSA) is 85.8 Å². The number of anilines is 2. The largest absolute Gasteiger partial charge is 0.367 e. The third kappa shape index (κ3) is 2.98. The van der Waals surface area contributed by atoms with Crippen molar-refractivity contribution in [1.29, 1.82) is 0 Å². The van der Waals surface area contributed by atoms with Crippen LogP contribution in [-0.2, 0) is 11.3 Å². The highest BCUT2D eigenvalue weighted by atomic mass is 35.5. The number of aryl methyl sites for hydroxylation is 1. The molecule has 0 fully saturated rings. The predicted octanol–water partition coefficient (Wildman–Crippen LogP) is 1.46. The molecule has 1 aromatic heterocycles. The van der Waals surface area contributed by atoms with Crippen molar-refractivity contribution in [3.8, 4) is 0 Å². The second-order valence-electron chi connectivity index (χ2n) is 3.83. The Morgan fingerprint density at radius 3 is 3.00 bits per heavy atom. The summed E-state index contributed by atoms with van der Waals surface area (Å²) in [5.41, 5.74) is 6.95. The summed E-state index contributed by atoms with van der Waals surface area (Å²) in [6.45, 7) is 1.96. The molecule has 6 nitrogen and oxygen atoms in total. The summed E-state index contributed by atoms with van der Waals surface area (Å²) in [6.07, 6.45) is 1.40. The van der Waals surface area contributed by atoms with Gasteiger partial charge in [0.25, 0.3) is 0 Å². The van der Waals surface area contributed by atoms with Crippen LogP contribution in [-0.4, -0.2) is 20.7 Å². The number of nitrogens with one attached hydrogen (secondary N) is 1. The Kier molecular flexibility index (Phi) is 3.47. The summed E-state index contributed by atoms with van der Waals surface area (Å²) in [7, 11) is 0. The van der Waals surface area contributed by atoms with Crippen LogP contribution < -0.4 is 11.1 Å². The van der Waals surface area contributed by atoms with Crippen LogP contribution in [0.15, 0.2) is 24.5 Å². The Labute approximate surface area is 109 Å². The summed E-state index contributed by atoms with van der Waals surface area (Å²) < 4.78 is 1.36. The van der Waals surface area contributed by atoms with Crippen LogP contribution in [0.4, 0.5) is 11.6 Å². The molecule has 0 spiro atoms. The molecule has 1 amide bonds. The lowest BCUT2D eigenvalue weighted by Gasteiger charge is -2.07. The quantitative estimate of drug-likeness (QED) is 0.880. The summed E-state index contributed by atoms with van der Waals surface area (Å²) in [6, 6.07) is 5.41. The van der Waals surface area contributed by atoms with Gasteiger partial charge < -0.3 is 11.1 Å². The Morgan fingerprint density at radius 2 is 2.33 bits per heavy atom. The van der Waals surface area contributed by atoms with Gasteiger partial charge in [-0.15, -0.1) is 5.10 Å².